The molecule has 0 amide bonds. The second kappa shape index (κ2) is 3.70. The number of terminal acetylenes is 1. The fraction of sp³-hybridized carbons (Fsp3) is 0.250. The van der Waals surface area contributed by atoms with Gasteiger partial charge in [0.2, 0.25) is 0 Å². The van der Waals surface area contributed by atoms with Gasteiger partial charge in [-0.25, -0.2) is 0 Å². The minimum absolute atomic E-state index is 0.253. The number of nitrogens with two attached hydrogens (primary N) is 1. The van der Waals surface area contributed by atoms with Crippen molar-refractivity contribution < 1.29 is 0 Å². The lowest BCUT2D eigenvalue weighted by Gasteiger charge is -2.07. The molecule has 0 aromatic carbocycles. The van der Waals surface area contributed by atoms with E-state index in [2.05, 4.69) is 34.3 Å². The first-order valence-corrected chi connectivity index (χ1v) is 2.96. The number of nitrogens with zero attached hydrogens (tertiary/aromatic N) is 1. The third-order valence-corrected chi connectivity index (χ3v) is 1.56. The second-order valence-corrected chi connectivity index (χ2v) is 2.34. The van der Waals surface area contributed by atoms with E-state index in [1.165, 1.54) is 3.93 Å². The van der Waals surface area contributed by atoms with Gasteiger partial charge in [0.25, 0.3) is 0 Å². The Kier molecular flexibility index (Phi) is 3.57. The first-order chi connectivity index (χ1) is 3.68. The Morgan fingerprint density at radius 3 is 2.62 bits per heavy atom. The summed E-state index contributed by atoms with van der Waals surface area (Å²) in [5.74, 6) is 2.36. The van der Waals surface area contributed by atoms with Crippen LogP contribution in [0, 0.1) is 12.3 Å². The van der Waals surface area contributed by atoms with Gasteiger partial charge in [0, 0.05) is 0 Å². The molecule has 0 aliphatic rings. The van der Waals surface area contributed by atoms with E-state index >= 15 is 0 Å². The molecule has 0 bridgehead atoms. The summed E-state index contributed by atoms with van der Waals surface area (Å²) in [6.07, 6.45) is 4.93. The molecule has 0 aromatic heterocycles. The Morgan fingerprint density at radius 2 is 2.50 bits per heavy atom. The highest BCUT2D eigenvalue weighted by Crippen LogP contribution is 1.93. The topological polar surface area (TPSA) is 29.3 Å². The molecule has 0 heterocycles. The summed E-state index contributed by atoms with van der Waals surface area (Å²) in [6, 6.07) is 0. The summed E-state index contributed by atoms with van der Waals surface area (Å²) in [7, 11) is 0. The third kappa shape index (κ3) is 2.83. The average molecular weight is 193 g/mol. The van der Waals surface area contributed by atoms with Crippen LogP contribution in [0.3, 0.4) is 0 Å². The molecule has 4 heteroatoms. The van der Waals surface area contributed by atoms with Crippen LogP contribution in [0.5, 0.6) is 0 Å². The van der Waals surface area contributed by atoms with Crippen molar-refractivity contribution in [3.63, 3.8) is 0 Å². The molecule has 0 fully saturated rings. The first-order valence-electron chi connectivity index (χ1n) is 1.84. The Hall–Kier alpha value is -0.270. The minimum atomic E-state index is 0.253. The van der Waals surface area contributed by atoms with Crippen LogP contribution in [0.25, 0.3) is 0 Å². The third-order valence-electron chi connectivity index (χ3n) is 0.469. The predicted octanol–water partition coefficient (Wildman–Crippen LogP) is 0.475. The maximum atomic E-state index is 5.14. The smallest absolute Gasteiger partial charge is 0.177 e. The van der Waals surface area contributed by atoms with Crippen molar-refractivity contribution in [1.82, 2.24) is 3.93 Å². The van der Waals surface area contributed by atoms with Crippen molar-refractivity contribution >= 4 is 33.5 Å². The summed E-state index contributed by atoms with van der Waals surface area (Å²) < 4.78 is 1.43. The van der Waals surface area contributed by atoms with E-state index in [4.69, 9.17) is 12.2 Å². The van der Waals surface area contributed by atoms with E-state index in [1.54, 1.807) is 0 Å². The molecular formula is C4H5BrN2S. The summed E-state index contributed by atoms with van der Waals surface area (Å²) in [6.45, 7) is 0.398. The van der Waals surface area contributed by atoms with Crippen LogP contribution in [0.1, 0.15) is 0 Å². The Balaban J connectivity index is 3.52. The quantitative estimate of drug-likeness (QED) is 0.373. The van der Waals surface area contributed by atoms with Crippen LogP contribution >= 0.6 is 28.4 Å². The fourth-order valence-electron chi connectivity index (χ4n) is 0.158. The van der Waals surface area contributed by atoms with E-state index in [1.807, 2.05) is 0 Å². The van der Waals surface area contributed by atoms with E-state index in [0.29, 0.717) is 6.54 Å². The SMILES string of the molecule is C#CCN(Br)C(N)=S. The zero-order chi connectivity index (χ0) is 6.57. The molecule has 0 spiro atoms. The number of hydrogen-bond donors (Lipinski definition) is 1. The van der Waals surface area contributed by atoms with Crippen molar-refractivity contribution in [3.05, 3.63) is 0 Å². The minimum Gasteiger partial charge on any atom is -0.375 e. The summed E-state index contributed by atoms with van der Waals surface area (Å²) in [5, 5.41) is 0.253. The number of rotatable bonds is 1. The number of hydrogen-bond acceptors (Lipinski definition) is 1. The zero-order valence-corrected chi connectivity index (χ0v) is 6.50. The van der Waals surface area contributed by atoms with Crippen LogP contribution in [0.2, 0.25) is 0 Å². The van der Waals surface area contributed by atoms with E-state index in [-0.39, 0.29) is 5.11 Å². The van der Waals surface area contributed by atoms with Crippen LogP contribution in [0.15, 0.2) is 0 Å². The van der Waals surface area contributed by atoms with Gasteiger partial charge in [-0.2, -0.15) is 0 Å². The molecule has 2 N–H and O–H groups in total. The van der Waals surface area contributed by atoms with Crippen LogP contribution in [0.4, 0.5) is 0 Å². The molecule has 0 saturated carbocycles. The predicted molar refractivity (Wildman–Crippen MR) is 41.3 cm³/mol. The molecule has 0 radical (unpaired) electrons. The lowest BCUT2D eigenvalue weighted by atomic mass is 10.7. The number of halogens is 1. The second-order valence-electron chi connectivity index (χ2n) is 1.06. The molecule has 44 valence electrons. The molecule has 0 rings (SSSR count). The first kappa shape index (κ1) is 7.73. The van der Waals surface area contributed by atoms with Gasteiger partial charge in [0.05, 0.1) is 22.7 Å². The molecule has 0 unspecified atom stereocenters. The van der Waals surface area contributed by atoms with Gasteiger partial charge in [-0.05, 0) is 12.2 Å². The largest absolute Gasteiger partial charge is 0.375 e. The Bertz CT molecular complexity index is 128. The molecule has 8 heavy (non-hydrogen) atoms. The average Bonchev–Trinajstić information content (AvgIpc) is 1.67. The van der Waals surface area contributed by atoms with E-state index < -0.39 is 0 Å². The van der Waals surface area contributed by atoms with Crippen molar-refractivity contribution in [2.75, 3.05) is 6.54 Å². The van der Waals surface area contributed by atoms with Crippen molar-refractivity contribution in [2.45, 2.75) is 0 Å². The molecular weight excluding hydrogens is 188 g/mol. The van der Waals surface area contributed by atoms with E-state index in [9.17, 15) is 0 Å². The maximum absolute atomic E-state index is 5.14. The summed E-state index contributed by atoms with van der Waals surface area (Å²) in [4.78, 5) is 0. The standard InChI is InChI=1S/C4H5BrN2S/c1-2-3-7(5)4(6)8/h1H,3H2,(H2,6,8). The highest BCUT2D eigenvalue weighted by Gasteiger charge is 1.95. The Morgan fingerprint density at radius 1 is 2.00 bits per heavy atom. The van der Waals surface area contributed by atoms with Gasteiger partial charge in [-0.15, -0.1) is 6.42 Å². The Labute approximate surface area is 62.4 Å². The lowest BCUT2D eigenvalue weighted by Crippen LogP contribution is -2.26. The monoisotopic (exact) mass is 192 g/mol. The van der Waals surface area contributed by atoms with Crippen molar-refractivity contribution in [2.24, 2.45) is 5.73 Å². The zero-order valence-electron chi connectivity index (χ0n) is 4.10. The molecule has 0 aliphatic heterocycles. The lowest BCUT2D eigenvalue weighted by molar-refractivity contribution is 0.806. The highest BCUT2D eigenvalue weighted by atomic mass is 79.9. The van der Waals surface area contributed by atoms with Gasteiger partial charge >= 0.3 is 0 Å². The van der Waals surface area contributed by atoms with Crippen molar-refractivity contribution in [1.29, 1.82) is 0 Å². The molecule has 2 nitrogen and oxygen atoms in total. The molecule has 0 aromatic rings. The van der Waals surface area contributed by atoms with Gasteiger partial charge in [0.1, 0.15) is 0 Å². The molecule has 0 atom stereocenters. The van der Waals surface area contributed by atoms with Gasteiger partial charge in [-0.1, -0.05) is 5.92 Å². The highest BCUT2D eigenvalue weighted by molar-refractivity contribution is 9.07. The maximum Gasteiger partial charge on any atom is 0.177 e. The van der Waals surface area contributed by atoms with Gasteiger partial charge in [0.15, 0.2) is 5.11 Å². The summed E-state index contributed by atoms with van der Waals surface area (Å²) in [5.41, 5.74) is 5.14. The fourth-order valence-corrected chi connectivity index (χ4v) is 0.367. The van der Waals surface area contributed by atoms with E-state index in [0.717, 1.165) is 0 Å². The van der Waals surface area contributed by atoms with Gasteiger partial charge in [-0.3, -0.25) is 3.93 Å². The normalized spacial score (nSPS) is 7.50. The van der Waals surface area contributed by atoms with Crippen molar-refractivity contribution in [3.8, 4) is 12.3 Å². The summed E-state index contributed by atoms with van der Waals surface area (Å²) >= 11 is 7.57. The van der Waals surface area contributed by atoms with Gasteiger partial charge < -0.3 is 5.73 Å². The van der Waals surface area contributed by atoms with Crippen LogP contribution in [-0.2, 0) is 0 Å². The molecule has 0 aliphatic carbocycles. The van der Waals surface area contributed by atoms with Crippen LogP contribution in [-0.4, -0.2) is 15.6 Å². The van der Waals surface area contributed by atoms with Crippen LogP contribution < -0.4 is 5.73 Å². The number of thiocarbonyl (C=S) groups is 1. The molecule has 0 saturated heterocycles.